The summed E-state index contributed by atoms with van der Waals surface area (Å²) in [5, 5.41) is 8.97. The highest BCUT2D eigenvalue weighted by molar-refractivity contribution is 5.89. The molecule has 4 nitrogen and oxygen atoms in total. The minimum Gasteiger partial charge on any atom is -0.478 e. The zero-order valence-electron chi connectivity index (χ0n) is 9.13. The lowest BCUT2D eigenvalue weighted by atomic mass is 10.1. The van der Waals surface area contributed by atoms with Crippen LogP contribution in [0, 0.1) is 0 Å². The highest BCUT2D eigenvalue weighted by Crippen LogP contribution is 2.11. The highest BCUT2D eigenvalue weighted by atomic mass is 16.5. The van der Waals surface area contributed by atoms with E-state index in [2.05, 4.69) is 0 Å². The monoisotopic (exact) mass is 232 g/mol. The molecule has 0 amide bonds. The summed E-state index contributed by atoms with van der Waals surface area (Å²) >= 11 is 0. The number of furan rings is 1. The van der Waals surface area contributed by atoms with Gasteiger partial charge in [-0.1, -0.05) is 18.2 Å². The number of ether oxygens (including phenoxy) is 1. The van der Waals surface area contributed by atoms with Crippen molar-refractivity contribution in [1.29, 1.82) is 0 Å². The molecule has 0 radical (unpaired) electrons. The molecule has 0 spiro atoms. The minimum absolute atomic E-state index is 0.253. The van der Waals surface area contributed by atoms with Crippen LogP contribution < -0.4 is 0 Å². The van der Waals surface area contributed by atoms with Crippen molar-refractivity contribution < 1.29 is 19.1 Å². The molecule has 0 aliphatic heterocycles. The summed E-state index contributed by atoms with van der Waals surface area (Å²) in [5.41, 5.74) is 0.929. The van der Waals surface area contributed by atoms with Crippen LogP contribution >= 0.6 is 0 Å². The molecule has 0 atom stereocenters. The maximum Gasteiger partial charge on any atom is 0.336 e. The van der Waals surface area contributed by atoms with E-state index in [1.807, 2.05) is 6.07 Å². The van der Waals surface area contributed by atoms with Gasteiger partial charge in [0.1, 0.15) is 12.4 Å². The topological polar surface area (TPSA) is 59.7 Å². The van der Waals surface area contributed by atoms with Crippen LogP contribution in [0.2, 0.25) is 0 Å². The van der Waals surface area contributed by atoms with Gasteiger partial charge in [-0.2, -0.15) is 0 Å². The third kappa shape index (κ3) is 2.95. The SMILES string of the molecule is O=C(O)c1ccccc1COCc1ccco1. The molecule has 4 heteroatoms. The van der Waals surface area contributed by atoms with Gasteiger partial charge in [-0.25, -0.2) is 4.79 Å². The summed E-state index contributed by atoms with van der Waals surface area (Å²) in [7, 11) is 0. The van der Waals surface area contributed by atoms with Crippen LogP contribution in [0.3, 0.4) is 0 Å². The van der Waals surface area contributed by atoms with Crippen LogP contribution in [0.25, 0.3) is 0 Å². The van der Waals surface area contributed by atoms with E-state index in [1.54, 1.807) is 36.6 Å². The van der Waals surface area contributed by atoms with Crippen molar-refractivity contribution >= 4 is 5.97 Å². The predicted molar refractivity (Wildman–Crippen MR) is 60.6 cm³/mol. The van der Waals surface area contributed by atoms with Gasteiger partial charge in [0.15, 0.2) is 0 Å². The van der Waals surface area contributed by atoms with E-state index in [-0.39, 0.29) is 12.2 Å². The molecule has 2 aromatic rings. The van der Waals surface area contributed by atoms with Gasteiger partial charge in [-0.3, -0.25) is 0 Å². The standard InChI is InChI=1S/C13H12O4/c14-13(15)12-6-2-1-4-10(12)8-16-9-11-5-3-7-17-11/h1-7H,8-9H2,(H,14,15). The molecule has 1 aromatic carbocycles. The predicted octanol–water partition coefficient (Wildman–Crippen LogP) is 2.69. The zero-order chi connectivity index (χ0) is 12.1. The molecule has 2 rings (SSSR count). The lowest BCUT2D eigenvalue weighted by Gasteiger charge is -2.05. The van der Waals surface area contributed by atoms with Crippen molar-refractivity contribution in [1.82, 2.24) is 0 Å². The van der Waals surface area contributed by atoms with Crippen molar-refractivity contribution in [2.75, 3.05) is 0 Å². The Morgan fingerprint density at radius 2 is 2.00 bits per heavy atom. The second kappa shape index (κ2) is 5.32. The Labute approximate surface area is 98.4 Å². The van der Waals surface area contributed by atoms with Crippen molar-refractivity contribution in [3.05, 3.63) is 59.5 Å². The van der Waals surface area contributed by atoms with Crippen molar-refractivity contribution in [2.24, 2.45) is 0 Å². The first-order valence-corrected chi connectivity index (χ1v) is 5.18. The number of hydrogen-bond acceptors (Lipinski definition) is 3. The number of carbonyl (C=O) groups is 1. The molecule has 0 fully saturated rings. The van der Waals surface area contributed by atoms with Crippen molar-refractivity contribution in [3.8, 4) is 0 Å². The third-order valence-corrected chi connectivity index (χ3v) is 2.33. The summed E-state index contributed by atoms with van der Waals surface area (Å²) in [6.07, 6.45) is 1.57. The van der Waals surface area contributed by atoms with Gasteiger partial charge < -0.3 is 14.3 Å². The zero-order valence-corrected chi connectivity index (χ0v) is 9.13. The molecule has 0 saturated heterocycles. The smallest absolute Gasteiger partial charge is 0.336 e. The van der Waals surface area contributed by atoms with Crippen LogP contribution in [-0.2, 0) is 18.0 Å². The van der Waals surface area contributed by atoms with Crippen LogP contribution in [0.4, 0.5) is 0 Å². The molecular formula is C13H12O4. The van der Waals surface area contributed by atoms with E-state index >= 15 is 0 Å². The second-order valence-electron chi connectivity index (χ2n) is 3.53. The van der Waals surface area contributed by atoms with Crippen molar-refractivity contribution in [3.63, 3.8) is 0 Å². The van der Waals surface area contributed by atoms with E-state index in [4.69, 9.17) is 14.3 Å². The average molecular weight is 232 g/mol. The van der Waals surface area contributed by atoms with Gasteiger partial charge >= 0.3 is 5.97 Å². The Hall–Kier alpha value is -2.07. The fourth-order valence-corrected chi connectivity index (χ4v) is 1.51. The number of hydrogen-bond donors (Lipinski definition) is 1. The normalized spacial score (nSPS) is 10.4. The van der Waals surface area contributed by atoms with E-state index in [0.717, 1.165) is 5.76 Å². The molecular weight excluding hydrogens is 220 g/mol. The number of aromatic carboxylic acids is 1. The molecule has 88 valence electrons. The summed E-state index contributed by atoms with van der Waals surface area (Å²) < 4.78 is 10.5. The molecule has 1 aromatic heterocycles. The molecule has 0 aliphatic carbocycles. The first-order chi connectivity index (χ1) is 8.27. The average Bonchev–Trinajstić information content (AvgIpc) is 2.82. The van der Waals surface area contributed by atoms with Gasteiger partial charge in [0.05, 0.1) is 18.4 Å². The first-order valence-electron chi connectivity index (χ1n) is 5.18. The van der Waals surface area contributed by atoms with Gasteiger partial charge in [0.2, 0.25) is 0 Å². The molecule has 1 heterocycles. The number of benzene rings is 1. The molecule has 0 saturated carbocycles. The van der Waals surface area contributed by atoms with Crippen LogP contribution in [0.1, 0.15) is 21.7 Å². The summed E-state index contributed by atoms with van der Waals surface area (Å²) in [6, 6.07) is 10.4. The summed E-state index contributed by atoms with van der Waals surface area (Å²) in [5.74, 6) is -0.222. The highest BCUT2D eigenvalue weighted by Gasteiger charge is 2.08. The number of rotatable bonds is 5. The fraction of sp³-hybridized carbons (Fsp3) is 0.154. The quantitative estimate of drug-likeness (QED) is 0.861. The lowest BCUT2D eigenvalue weighted by molar-refractivity contribution is 0.0679. The molecule has 17 heavy (non-hydrogen) atoms. The number of carboxylic acids is 1. The van der Waals surface area contributed by atoms with E-state index in [0.29, 0.717) is 12.2 Å². The Morgan fingerprint density at radius 1 is 1.18 bits per heavy atom. The molecule has 0 bridgehead atoms. The molecule has 1 N–H and O–H groups in total. The van der Waals surface area contributed by atoms with Gasteiger partial charge in [0.25, 0.3) is 0 Å². The second-order valence-corrected chi connectivity index (χ2v) is 3.53. The molecule has 0 unspecified atom stereocenters. The van der Waals surface area contributed by atoms with Crippen LogP contribution in [0.5, 0.6) is 0 Å². The van der Waals surface area contributed by atoms with E-state index in [1.165, 1.54) is 0 Å². The number of carboxylic acid groups (broad SMARTS) is 1. The van der Waals surface area contributed by atoms with Crippen LogP contribution in [-0.4, -0.2) is 11.1 Å². The maximum absolute atomic E-state index is 10.9. The van der Waals surface area contributed by atoms with Crippen LogP contribution in [0.15, 0.2) is 47.1 Å². The molecule has 0 aliphatic rings. The first kappa shape index (κ1) is 11.4. The van der Waals surface area contributed by atoms with E-state index in [9.17, 15) is 4.79 Å². The Kier molecular flexibility index (Phi) is 3.57. The maximum atomic E-state index is 10.9. The van der Waals surface area contributed by atoms with Gasteiger partial charge in [0, 0.05) is 0 Å². The fourth-order valence-electron chi connectivity index (χ4n) is 1.51. The summed E-state index contributed by atoms with van der Waals surface area (Å²) in [4.78, 5) is 10.9. The Bertz CT molecular complexity index is 488. The van der Waals surface area contributed by atoms with Gasteiger partial charge in [-0.15, -0.1) is 0 Å². The lowest BCUT2D eigenvalue weighted by Crippen LogP contribution is -2.03. The summed E-state index contributed by atoms with van der Waals surface area (Å²) in [6.45, 7) is 0.587. The van der Waals surface area contributed by atoms with Crippen molar-refractivity contribution in [2.45, 2.75) is 13.2 Å². The Morgan fingerprint density at radius 3 is 2.71 bits per heavy atom. The van der Waals surface area contributed by atoms with E-state index < -0.39 is 5.97 Å². The third-order valence-electron chi connectivity index (χ3n) is 2.33. The Balaban J connectivity index is 1.97. The largest absolute Gasteiger partial charge is 0.478 e. The van der Waals surface area contributed by atoms with Gasteiger partial charge in [-0.05, 0) is 23.8 Å². The minimum atomic E-state index is -0.942.